The number of esters is 1. The molecule has 2 heterocycles. The van der Waals surface area contributed by atoms with Gasteiger partial charge in [-0.1, -0.05) is 0 Å². The predicted octanol–water partition coefficient (Wildman–Crippen LogP) is 2.35. The van der Waals surface area contributed by atoms with E-state index in [0.29, 0.717) is 16.8 Å². The third-order valence-electron chi connectivity index (χ3n) is 3.56. The van der Waals surface area contributed by atoms with Crippen LogP contribution in [0.2, 0.25) is 0 Å². The molecule has 0 aliphatic heterocycles. The molecule has 2 aromatic heterocycles. The fraction of sp³-hybridized carbons (Fsp3) is 0.111. The van der Waals surface area contributed by atoms with Crippen LogP contribution in [-0.2, 0) is 4.74 Å². The van der Waals surface area contributed by atoms with Crippen LogP contribution in [0.5, 0.6) is 0 Å². The van der Waals surface area contributed by atoms with E-state index in [2.05, 4.69) is 15.3 Å². The molecule has 1 amide bonds. The average molecular weight is 337 g/mol. The van der Waals surface area contributed by atoms with E-state index in [1.54, 1.807) is 37.4 Å². The number of nitrogens with zero attached hydrogens (tertiary/aromatic N) is 1. The van der Waals surface area contributed by atoms with Crippen molar-refractivity contribution in [2.24, 2.45) is 0 Å². The number of amides is 1. The van der Waals surface area contributed by atoms with Crippen LogP contribution in [-0.4, -0.2) is 28.5 Å². The molecule has 25 heavy (non-hydrogen) atoms. The number of aromatic nitrogens is 2. The highest BCUT2D eigenvalue weighted by molar-refractivity contribution is 6.05. The first-order chi connectivity index (χ1) is 12.1. The van der Waals surface area contributed by atoms with Gasteiger partial charge in [-0.2, -0.15) is 0 Å². The van der Waals surface area contributed by atoms with Crippen molar-refractivity contribution >= 4 is 28.5 Å². The Balaban J connectivity index is 1.96. The van der Waals surface area contributed by atoms with Gasteiger partial charge in [-0.25, -0.2) is 4.79 Å². The number of fused-ring (bicyclic) bond motifs is 1. The van der Waals surface area contributed by atoms with Gasteiger partial charge in [0.2, 0.25) is 5.43 Å². The lowest BCUT2D eigenvalue weighted by Crippen LogP contribution is -2.18. The smallest absolute Gasteiger partial charge is 0.343 e. The quantitative estimate of drug-likeness (QED) is 0.712. The molecule has 0 unspecified atom stereocenters. The highest BCUT2D eigenvalue weighted by atomic mass is 16.5. The maximum Gasteiger partial charge on any atom is 0.343 e. The molecular weight excluding hydrogens is 322 g/mol. The number of hydrogen-bond acceptors (Lipinski definition) is 5. The molecule has 0 aliphatic carbocycles. The molecule has 1 aromatic carbocycles. The van der Waals surface area contributed by atoms with Crippen LogP contribution in [0.3, 0.4) is 0 Å². The minimum Gasteiger partial charge on any atom is -0.462 e. The number of carbonyl (C=O) groups excluding carboxylic acids is 2. The van der Waals surface area contributed by atoms with Crippen molar-refractivity contribution in [2.45, 2.75) is 6.92 Å². The van der Waals surface area contributed by atoms with Gasteiger partial charge in [-0.15, -0.1) is 0 Å². The fourth-order valence-corrected chi connectivity index (χ4v) is 2.36. The molecule has 0 fully saturated rings. The molecule has 0 aliphatic rings. The summed E-state index contributed by atoms with van der Waals surface area (Å²) in [7, 11) is 0. The average Bonchev–Trinajstić information content (AvgIpc) is 2.63. The van der Waals surface area contributed by atoms with Crippen LogP contribution in [0.25, 0.3) is 10.9 Å². The Bertz CT molecular complexity index is 996. The van der Waals surface area contributed by atoms with Crippen molar-refractivity contribution < 1.29 is 14.3 Å². The summed E-state index contributed by atoms with van der Waals surface area (Å²) in [4.78, 5) is 43.3. The summed E-state index contributed by atoms with van der Waals surface area (Å²) in [5.41, 5.74) is 0.858. The second-order valence-electron chi connectivity index (χ2n) is 5.21. The van der Waals surface area contributed by atoms with Gasteiger partial charge in [0, 0.05) is 35.2 Å². The van der Waals surface area contributed by atoms with Crippen LogP contribution in [0.4, 0.5) is 5.69 Å². The maximum absolute atomic E-state index is 12.5. The van der Waals surface area contributed by atoms with E-state index in [1.807, 2.05) is 0 Å². The first-order valence-corrected chi connectivity index (χ1v) is 7.64. The van der Waals surface area contributed by atoms with Crippen molar-refractivity contribution in [1.29, 1.82) is 0 Å². The molecule has 3 rings (SSSR count). The number of benzene rings is 1. The molecular formula is C18H15N3O4. The fourth-order valence-electron chi connectivity index (χ4n) is 2.36. The Kier molecular flexibility index (Phi) is 4.56. The number of nitrogens with one attached hydrogen (secondary N) is 2. The molecule has 126 valence electrons. The van der Waals surface area contributed by atoms with Crippen molar-refractivity contribution in [3.63, 3.8) is 0 Å². The van der Waals surface area contributed by atoms with E-state index in [1.165, 1.54) is 18.5 Å². The monoisotopic (exact) mass is 337 g/mol. The second-order valence-corrected chi connectivity index (χ2v) is 5.21. The van der Waals surface area contributed by atoms with E-state index in [4.69, 9.17) is 4.74 Å². The molecule has 0 saturated heterocycles. The third kappa shape index (κ3) is 3.40. The van der Waals surface area contributed by atoms with Crippen LogP contribution in [0.1, 0.15) is 27.6 Å². The van der Waals surface area contributed by atoms with E-state index >= 15 is 0 Å². The molecule has 0 atom stereocenters. The topological polar surface area (TPSA) is 101 Å². The van der Waals surface area contributed by atoms with Crippen molar-refractivity contribution in [3.8, 4) is 0 Å². The van der Waals surface area contributed by atoms with Crippen LogP contribution in [0, 0.1) is 0 Å². The summed E-state index contributed by atoms with van der Waals surface area (Å²) in [6.45, 7) is 1.84. The van der Waals surface area contributed by atoms with Crippen LogP contribution >= 0.6 is 0 Å². The van der Waals surface area contributed by atoms with Gasteiger partial charge < -0.3 is 15.0 Å². The van der Waals surface area contributed by atoms with Gasteiger partial charge in [-0.05, 0) is 37.3 Å². The minimum atomic E-state index is -0.685. The van der Waals surface area contributed by atoms with Gasteiger partial charge in [0.1, 0.15) is 5.56 Å². The van der Waals surface area contributed by atoms with E-state index in [9.17, 15) is 14.4 Å². The first-order valence-electron chi connectivity index (χ1n) is 7.64. The molecule has 7 heteroatoms. The predicted molar refractivity (Wildman–Crippen MR) is 92.7 cm³/mol. The summed E-state index contributed by atoms with van der Waals surface area (Å²) in [5, 5.41) is 2.99. The normalized spacial score (nSPS) is 10.4. The number of H-pyrrole nitrogens is 1. The minimum absolute atomic E-state index is 0.0786. The van der Waals surface area contributed by atoms with E-state index in [-0.39, 0.29) is 23.5 Å². The first kappa shape index (κ1) is 16.4. The molecule has 0 radical (unpaired) electrons. The zero-order chi connectivity index (χ0) is 17.8. The van der Waals surface area contributed by atoms with Crippen LogP contribution in [0.15, 0.2) is 53.7 Å². The number of rotatable bonds is 4. The van der Waals surface area contributed by atoms with E-state index < -0.39 is 11.4 Å². The largest absolute Gasteiger partial charge is 0.462 e. The number of aromatic amines is 1. The van der Waals surface area contributed by atoms with Gasteiger partial charge in [0.15, 0.2) is 0 Å². The van der Waals surface area contributed by atoms with Crippen molar-refractivity contribution in [3.05, 3.63) is 70.3 Å². The van der Waals surface area contributed by atoms with Crippen molar-refractivity contribution in [1.82, 2.24) is 9.97 Å². The summed E-state index contributed by atoms with van der Waals surface area (Å²) in [6, 6.07) is 8.13. The SMILES string of the molecule is CCOC(=O)c1c[nH]c2ccc(NC(=O)c3cccnc3)cc2c1=O. The summed E-state index contributed by atoms with van der Waals surface area (Å²) in [6.07, 6.45) is 4.35. The number of pyridine rings is 2. The van der Waals surface area contributed by atoms with Gasteiger partial charge in [-0.3, -0.25) is 14.6 Å². The van der Waals surface area contributed by atoms with Gasteiger partial charge in [0.25, 0.3) is 5.91 Å². The van der Waals surface area contributed by atoms with Gasteiger partial charge >= 0.3 is 5.97 Å². The molecule has 0 bridgehead atoms. The lowest BCUT2D eigenvalue weighted by Gasteiger charge is -2.07. The number of anilines is 1. The molecule has 3 aromatic rings. The third-order valence-corrected chi connectivity index (χ3v) is 3.56. The Labute approximate surface area is 142 Å². The Morgan fingerprint density at radius 2 is 2.12 bits per heavy atom. The van der Waals surface area contributed by atoms with Crippen LogP contribution < -0.4 is 10.7 Å². The Morgan fingerprint density at radius 3 is 2.84 bits per heavy atom. The molecule has 0 saturated carbocycles. The highest BCUT2D eigenvalue weighted by Gasteiger charge is 2.14. The molecule has 0 spiro atoms. The van der Waals surface area contributed by atoms with Gasteiger partial charge in [0.05, 0.1) is 12.2 Å². The molecule has 7 nitrogen and oxygen atoms in total. The number of carbonyl (C=O) groups is 2. The Morgan fingerprint density at radius 1 is 1.28 bits per heavy atom. The lowest BCUT2D eigenvalue weighted by molar-refractivity contribution is 0.0524. The number of hydrogen-bond donors (Lipinski definition) is 2. The summed E-state index contributed by atoms with van der Waals surface area (Å²) < 4.78 is 4.87. The van der Waals surface area contributed by atoms with E-state index in [0.717, 1.165) is 0 Å². The maximum atomic E-state index is 12.5. The second kappa shape index (κ2) is 6.96. The summed E-state index contributed by atoms with van der Waals surface area (Å²) >= 11 is 0. The standard InChI is InChI=1S/C18H15N3O4/c1-2-25-18(24)14-10-20-15-6-5-12(8-13(15)16(14)22)21-17(23)11-4-3-7-19-9-11/h3-10H,2H2,1H3,(H,20,22)(H,21,23). The zero-order valence-electron chi connectivity index (χ0n) is 13.4. The van der Waals surface area contributed by atoms with Crippen molar-refractivity contribution in [2.75, 3.05) is 11.9 Å². The highest BCUT2D eigenvalue weighted by Crippen LogP contribution is 2.16. The molecule has 2 N–H and O–H groups in total. The lowest BCUT2D eigenvalue weighted by atomic mass is 10.1. The number of ether oxygens (including phenoxy) is 1. The summed E-state index contributed by atoms with van der Waals surface area (Å²) in [5.74, 6) is -1.03. The Hall–Kier alpha value is -3.48. The zero-order valence-corrected chi connectivity index (χ0v) is 13.4.